The molecule has 2 aromatic carbocycles. The molecule has 0 saturated carbocycles. The number of amidine groups is 1. The predicted molar refractivity (Wildman–Crippen MR) is 135 cm³/mol. The van der Waals surface area contributed by atoms with Gasteiger partial charge >= 0.3 is 22.3 Å². The minimum Gasteiger partial charge on any atom is -0.493 e. The largest absolute Gasteiger partial charge is 0.493 e. The molecule has 0 spiro atoms. The number of ether oxygens (including phenoxy) is 1. The first kappa shape index (κ1) is 31.6. The molecule has 3 rings (SSSR count). The number of fused-ring (bicyclic) bond motifs is 1. The number of hydrogen-bond donors (Lipinski definition) is 1. The van der Waals surface area contributed by atoms with Crippen molar-refractivity contribution in [3.05, 3.63) is 52.6 Å². The molecule has 226 valence electrons. The van der Waals surface area contributed by atoms with Crippen LogP contribution in [0.25, 0.3) is 0 Å². The zero-order chi connectivity index (χ0) is 31.2. The first-order valence-electron chi connectivity index (χ1n) is 11.7. The van der Waals surface area contributed by atoms with Crippen LogP contribution in [0, 0.1) is 0 Å². The third-order valence-electron chi connectivity index (χ3n) is 6.01. The lowest BCUT2D eigenvalue weighted by Gasteiger charge is -2.43. The van der Waals surface area contributed by atoms with Gasteiger partial charge < -0.3 is 20.3 Å². The molecule has 1 aliphatic rings. The van der Waals surface area contributed by atoms with Crippen LogP contribution in [0.1, 0.15) is 45.7 Å². The van der Waals surface area contributed by atoms with Gasteiger partial charge in [-0.05, 0) is 49.7 Å². The molecule has 1 aliphatic heterocycles. The second-order valence-corrected chi connectivity index (χ2v) is 11.2. The summed E-state index contributed by atoms with van der Waals surface area (Å²) in [5, 5.41) is 0. The van der Waals surface area contributed by atoms with Gasteiger partial charge in [-0.25, -0.2) is 0 Å². The number of Topliss-reactive ketones (excluding diaryl/α,β-unsaturated/α-hetero) is 1. The predicted octanol–water partition coefficient (Wildman–Crippen LogP) is 5.83. The highest BCUT2D eigenvalue weighted by atomic mass is 32.5. The Bertz CT molecular complexity index is 1460. The number of ketones is 1. The van der Waals surface area contributed by atoms with E-state index in [0.29, 0.717) is 17.2 Å². The van der Waals surface area contributed by atoms with Crippen LogP contribution >= 0.6 is 10.2 Å². The number of halogens is 8. The lowest BCUT2D eigenvalue weighted by Crippen LogP contribution is -2.42. The zero-order valence-corrected chi connectivity index (χ0v) is 22.5. The van der Waals surface area contributed by atoms with E-state index in [1.807, 2.05) is 0 Å². The third-order valence-corrected chi connectivity index (χ3v) is 7.19. The van der Waals surface area contributed by atoms with E-state index in [2.05, 4.69) is 4.99 Å². The van der Waals surface area contributed by atoms with Crippen molar-refractivity contribution < 1.29 is 51.7 Å². The molecule has 0 aromatic heterocycles. The average Bonchev–Trinajstić information content (AvgIpc) is 3.17. The zero-order valence-electron chi connectivity index (χ0n) is 21.7. The highest BCUT2D eigenvalue weighted by Crippen LogP contribution is 3.03. The van der Waals surface area contributed by atoms with Gasteiger partial charge in [-0.15, -0.1) is 0 Å². The van der Waals surface area contributed by atoms with Crippen LogP contribution in [-0.2, 0) is 11.3 Å². The number of nitrogens with zero attached hydrogens (tertiary/aromatic N) is 3. The molecular weight excluding hydrogens is 592 g/mol. The summed E-state index contributed by atoms with van der Waals surface area (Å²) < 4.78 is 114. The fourth-order valence-corrected chi connectivity index (χ4v) is 5.23. The van der Waals surface area contributed by atoms with Crippen LogP contribution in [0.15, 0.2) is 40.2 Å². The molecular formula is C24H24F8N4O4S. The number of carbonyl (C=O) groups excluding carboxylic acids is 3. The number of alkyl halides is 3. The maximum Gasteiger partial charge on any atom is 0.471 e. The molecule has 17 heteroatoms. The van der Waals surface area contributed by atoms with E-state index in [4.69, 9.17) is 10.5 Å². The van der Waals surface area contributed by atoms with Gasteiger partial charge in [0.05, 0.1) is 24.4 Å². The molecule has 0 bridgehead atoms. The van der Waals surface area contributed by atoms with E-state index in [1.165, 1.54) is 24.1 Å². The molecule has 2 amide bonds. The van der Waals surface area contributed by atoms with Crippen LogP contribution < -0.4 is 15.4 Å². The summed E-state index contributed by atoms with van der Waals surface area (Å²) in [6.07, 6.45) is -5.69. The average molecular weight is 617 g/mol. The Morgan fingerprint density at radius 3 is 2.20 bits per heavy atom. The summed E-state index contributed by atoms with van der Waals surface area (Å²) in [4.78, 5) is 39.1. The molecule has 0 fully saturated rings. The maximum absolute atomic E-state index is 13.8. The van der Waals surface area contributed by atoms with Crippen molar-refractivity contribution >= 4 is 39.3 Å². The number of aliphatic imine (C=N–C) groups is 1. The SMILES string of the molecule is CCOc1cc2c(cc1C(N)=O)C(=NC)N(CC(=O)c1ccc(S(F)(F)(F)(F)F)c(N(CC)C(=O)C(F)(F)F)c1)C2. The topological polar surface area (TPSA) is 105 Å². The second kappa shape index (κ2) is 9.88. The number of carbonyl (C=O) groups is 3. The van der Waals surface area contributed by atoms with Gasteiger partial charge in [0.15, 0.2) is 5.78 Å². The minimum atomic E-state index is -10.6. The first-order valence-corrected chi connectivity index (χ1v) is 13.7. The van der Waals surface area contributed by atoms with Crippen molar-refractivity contribution in [1.29, 1.82) is 0 Å². The summed E-state index contributed by atoms with van der Waals surface area (Å²) in [7, 11) is -9.28. The Morgan fingerprint density at radius 1 is 1.07 bits per heavy atom. The molecule has 1 heterocycles. The monoisotopic (exact) mass is 616 g/mol. The number of anilines is 1. The second-order valence-electron chi connectivity index (χ2n) is 8.83. The maximum atomic E-state index is 13.8. The van der Waals surface area contributed by atoms with Crippen LogP contribution in [0.2, 0.25) is 0 Å². The van der Waals surface area contributed by atoms with E-state index < -0.39 is 68.1 Å². The van der Waals surface area contributed by atoms with Crippen LogP contribution in [-0.4, -0.2) is 61.3 Å². The Kier molecular flexibility index (Phi) is 7.63. The van der Waals surface area contributed by atoms with Crippen molar-refractivity contribution in [1.82, 2.24) is 4.90 Å². The summed E-state index contributed by atoms with van der Waals surface area (Å²) in [6, 6.07) is 3.26. The number of rotatable bonds is 9. The van der Waals surface area contributed by atoms with Gasteiger partial charge in [0.1, 0.15) is 16.5 Å². The van der Waals surface area contributed by atoms with E-state index in [0.717, 1.165) is 6.92 Å². The normalized spacial score (nSPS) is 16.2. The van der Waals surface area contributed by atoms with E-state index in [9.17, 15) is 47.0 Å². The van der Waals surface area contributed by atoms with Gasteiger partial charge in [-0.1, -0.05) is 19.4 Å². The summed E-state index contributed by atoms with van der Waals surface area (Å²) in [5.41, 5.74) is 3.90. The Hall–Kier alpha value is -3.89. The highest BCUT2D eigenvalue weighted by molar-refractivity contribution is 8.45. The summed E-state index contributed by atoms with van der Waals surface area (Å²) in [6.45, 7) is 1.05. The van der Waals surface area contributed by atoms with Crippen molar-refractivity contribution in [3.63, 3.8) is 0 Å². The number of amides is 2. The fourth-order valence-electron chi connectivity index (χ4n) is 4.34. The summed E-state index contributed by atoms with van der Waals surface area (Å²) in [5.74, 6) is -4.28. The fraction of sp³-hybridized carbons (Fsp3) is 0.333. The first-order chi connectivity index (χ1) is 18.6. The van der Waals surface area contributed by atoms with Crippen LogP contribution in [0.5, 0.6) is 5.75 Å². The quantitative estimate of drug-likeness (QED) is 0.282. The smallest absolute Gasteiger partial charge is 0.471 e. The van der Waals surface area contributed by atoms with E-state index >= 15 is 0 Å². The molecule has 41 heavy (non-hydrogen) atoms. The van der Waals surface area contributed by atoms with Crippen molar-refractivity contribution in [2.45, 2.75) is 31.5 Å². The molecule has 8 nitrogen and oxygen atoms in total. The lowest BCUT2D eigenvalue weighted by atomic mass is 10.0. The molecule has 0 saturated heterocycles. The lowest BCUT2D eigenvalue weighted by molar-refractivity contribution is -0.170. The van der Waals surface area contributed by atoms with Gasteiger partial charge in [0, 0.05) is 31.3 Å². The molecule has 2 aromatic rings. The molecule has 0 unspecified atom stereocenters. The number of hydrogen-bond acceptors (Lipinski definition) is 5. The van der Waals surface area contributed by atoms with E-state index in [-0.39, 0.29) is 42.4 Å². The molecule has 0 radical (unpaired) electrons. The van der Waals surface area contributed by atoms with Gasteiger partial charge in [-0.2, -0.15) is 13.2 Å². The molecule has 0 aliphatic carbocycles. The van der Waals surface area contributed by atoms with Crippen molar-refractivity contribution in [3.8, 4) is 5.75 Å². The van der Waals surface area contributed by atoms with Gasteiger partial charge in [0.2, 0.25) is 0 Å². The number of primary amides is 1. The third kappa shape index (κ3) is 6.55. The van der Waals surface area contributed by atoms with Crippen molar-refractivity contribution in [2.24, 2.45) is 10.7 Å². The molecule has 0 atom stereocenters. The highest BCUT2D eigenvalue weighted by Gasteiger charge is 2.67. The van der Waals surface area contributed by atoms with E-state index in [1.54, 1.807) is 6.92 Å². The molecule has 2 N–H and O–H groups in total. The van der Waals surface area contributed by atoms with Crippen molar-refractivity contribution in [2.75, 3.05) is 31.6 Å². The van der Waals surface area contributed by atoms with Crippen LogP contribution in [0.3, 0.4) is 0 Å². The van der Waals surface area contributed by atoms with Crippen LogP contribution in [0.4, 0.5) is 38.3 Å². The minimum absolute atomic E-state index is 0.00307. The number of benzene rings is 2. The van der Waals surface area contributed by atoms with Gasteiger partial charge in [-0.3, -0.25) is 19.4 Å². The Balaban J connectivity index is 2.06. The van der Waals surface area contributed by atoms with Gasteiger partial charge in [0.25, 0.3) is 5.91 Å². The number of nitrogens with two attached hydrogens (primary N) is 1. The Morgan fingerprint density at radius 2 is 1.71 bits per heavy atom. The summed E-state index contributed by atoms with van der Waals surface area (Å²) >= 11 is 0. The standard InChI is InChI=1S/C24H24F8N4O4S/c1-4-36(23(39)24(25,26)27)17-8-13(6-7-20(17)41(28,29,30,31)32)18(37)12-35-11-14-9-19(40-5-2)16(21(33)38)10-15(14)22(35)34-3/h6-10H,4-5,11-12H2,1-3H3,(H2,33,38). The Labute approximate surface area is 228 Å².